The van der Waals surface area contributed by atoms with E-state index in [1.165, 1.54) is 0 Å². The van der Waals surface area contributed by atoms with Crippen molar-refractivity contribution in [3.63, 3.8) is 0 Å². The lowest BCUT2D eigenvalue weighted by atomic mass is 9.81. The Morgan fingerprint density at radius 3 is 2.46 bits per heavy atom. The summed E-state index contributed by atoms with van der Waals surface area (Å²) < 4.78 is 0. The summed E-state index contributed by atoms with van der Waals surface area (Å²) in [6.07, 6.45) is 4.32. The summed E-state index contributed by atoms with van der Waals surface area (Å²) in [5.41, 5.74) is 1.02. The molecule has 0 radical (unpaired) electrons. The van der Waals surface area contributed by atoms with Crippen LogP contribution in [0.15, 0.2) is 41.8 Å². The number of anilines is 1. The van der Waals surface area contributed by atoms with Gasteiger partial charge >= 0.3 is 6.03 Å². The van der Waals surface area contributed by atoms with Crippen molar-refractivity contribution in [2.75, 3.05) is 5.32 Å². The number of nitrogens with one attached hydrogen (secondary N) is 3. The predicted octanol–water partition coefficient (Wildman–Crippen LogP) is 4.20. The van der Waals surface area contributed by atoms with Gasteiger partial charge in [-0.1, -0.05) is 43.0 Å². The molecule has 1 aliphatic carbocycles. The number of aryl methyl sites for hydroxylation is 1. The standard InChI is InChI=1S/C20H25N3O2S/c1-15-7-9-16(10-8-15)22-19(25)23-20(11-3-2-4-12-20)18(24)21-14-17-6-5-13-26-17/h5-10,13H,2-4,11-12,14H2,1H3,(H,21,24)(H2,22,23,25). The summed E-state index contributed by atoms with van der Waals surface area (Å²) in [4.78, 5) is 26.5. The number of rotatable bonds is 5. The van der Waals surface area contributed by atoms with Gasteiger partial charge in [0.1, 0.15) is 5.54 Å². The van der Waals surface area contributed by atoms with Gasteiger partial charge < -0.3 is 16.0 Å². The highest BCUT2D eigenvalue weighted by Crippen LogP contribution is 2.29. The molecule has 0 aliphatic heterocycles. The van der Waals surface area contributed by atoms with E-state index in [1.807, 2.05) is 48.7 Å². The summed E-state index contributed by atoms with van der Waals surface area (Å²) in [5, 5.41) is 10.8. The van der Waals surface area contributed by atoms with Crippen LogP contribution in [0.4, 0.5) is 10.5 Å². The summed E-state index contributed by atoms with van der Waals surface area (Å²) in [7, 11) is 0. The van der Waals surface area contributed by atoms with Gasteiger partial charge in [0, 0.05) is 10.6 Å². The Bertz CT molecular complexity index is 735. The van der Waals surface area contributed by atoms with Gasteiger partial charge in [-0.25, -0.2) is 4.79 Å². The largest absolute Gasteiger partial charge is 0.349 e. The van der Waals surface area contributed by atoms with Gasteiger partial charge in [-0.15, -0.1) is 11.3 Å². The van der Waals surface area contributed by atoms with Gasteiger partial charge in [-0.05, 0) is 43.3 Å². The zero-order chi connectivity index (χ0) is 18.4. The minimum atomic E-state index is -0.829. The highest BCUT2D eigenvalue weighted by atomic mass is 32.1. The van der Waals surface area contributed by atoms with Crippen molar-refractivity contribution in [1.82, 2.24) is 10.6 Å². The lowest BCUT2D eigenvalue weighted by molar-refractivity contribution is -0.128. The van der Waals surface area contributed by atoms with Crippen LogP contribution in [-0.4, -0.2) is 17.5 Å². The molecule has 3 amide bonds. The van der Waals surface area contributed by atoms with Crippen LogP contribution >= 0.6 is 11.3 Å². The van der Waals surface area contributed by atoms with E-state index in [1.54, 1.807) is 11.3 Å². The molecule has 1 aromatic carbocycles. The zero-order valence-corrected chi connectivity index (χ0v) is 15.8. The average molecular weight is 372 g/mol. The van der Waals surface area contributed by atoms with Crippen LogP contribution in [0.3, 0.4) is 0 Å². The molecule has 1 saturated carbocycles. The Labute approximate surface area is 158 Å². The summed E-state index contributed by atoms with van der Waals surface area (Å²) in [6.45, 7) is 2.50. The number of hydrogen-bond acceptors (Lipinski definition) is 3. The molecule has 6 heteroatoms. The third-order valence-corrected chi connectivity index (χ3v) is 5.68. The first kappa shape index (κ1) is 18.5. The van der Waals surface area contributed by atoms with Crippen LogP contribution in [0, 0.1) is 6.92 Å². The molecule has 3 N–H and O–H groups in total. The van der Waals surface area contributed by atoms with Crippen LogP contribution in [0.5, 0.6) is 0 Å². The number of benzene rings is 1. The van der Waals surface area contributed by atoms with E-state index in [0.717, 1.165) is 35.4 Å². The lowest BCUT2D eigenvalue weighted by Gasteiger charge is -2.36. The second-order valence-electron chi connectivity index (χ2n) is 6.85. The monoisotopic (exact) mass is 371 g/mol. The van der Waals surface area contributed by atoms with Crippen molar-refractivity contribution in [1.29, 1.82) is 0 Å². The normalized spacial score (nSPS) is 15.9. The maximum atomic E-state index is 12.9. The Kier molecular flexibility index (Phi) is 5.93. The SMILES string of the molecule is Cc1ccc(NC(=O)NC2(C(=O)NCc3cccs3)CCCCC2)cc1. The second-order valence-corrected chi connectivity index (χ2v) is 7.88. The fourth-order valence-electron chi connectivity index (χ4n) is 3.33. The number of thiophene rings is 1. The third-order valence-electron chi connectivity index (χ3n) is 4.81. The second kappa shape index (κ2) is 8.36. The predicted molar refractivity (Wildman–Crippen MR) is 105 cm³/mol. The smallest absolute Gasteiger partial charge is 0.320 e. The molecule has 0 unspecified atom stereocenters. The molecule has 0 spiro atoms. The Morgan fingerprint density at radius 1 is 1.08 bits per heavy atom. The summed E-state index contributed by atoms with van der Waals surface area (Å²) >= 11 is 1.61. The highest BCUT2D eigenvalue weighted by Gasteiger charge is 2.40. The first-order chi connectivity index (χ1) is 12.6. The van der Waals surface area contributed by atoms with Gasteiger partial charge in [0.2, 0.25) is 5.91 Å². The summed E-state index contributed by atoms with van der Waals surface area (Å²) in [6, 6.07) is 11.2. The van der Waals surface area contributed by atoms with Gasteiger partial charge in [0.05, 0.1) is 6.54 Å². The number of carbonyl (C=O) groups excluding carboxylic acids is 2. The van der Waals surface area contributed by atoms with Crippen molar-refractivity contribution in [2.24, 2.45) is 0 Å². The molecule has 1 fully saturated rings. The number of hydrogen-bond donors (Lipinski definition) is 3. The molecule has 0 atom stereocenters. The van der Waals surface area contributed by atoms with E-state index < -0.39 is 5.54 Å². The minimum Gasteiger partial charge on any atom is -0.349 e. The molecule has 2 aromatic rings. The van der Waals surface area contributed by atoms with Crippen molar-refractivity contribution in [3.8, 4) is 0 Å². The van der Waals surface area contributed by atoms with Gasteiger partial charge in [0.15, 0.2) is 0 Å². The van der Waals surface area contributed by atoms with Crippen LogP contribution in [0.1, 0.15) is 42.5 Å². The van der Waals surface area contributed by atoms with E-state index in [4.69, 9.17) is 0 Å². The van der Waals surface area contributed by atoms with Crippen molar-refractivity contribution in [3.05, 3.63) is 52.2 Å². The molecule has 1 aromatic heterocycles. The van der Waals surface area contributed by atoms with Gasteiger partial charge in [-0.3, -0.25) is 4.79 Å². The number of carbonyl (C=O) groups is 2. The van der Waals surface area contributed by atoms with Gasteiger partial charge in [0.25, 0.3) is 0 Å². The lowest BCUT2D eigenvalue weighted by Crippen LogP contribution is -2.60. The van der Waals surface area contributed by atoms with E-state index in [9.17, 15) is 9.59 Å². The van der Waals surface area contributed by atoms with E-state index in [-0.39, 0.29) is 11.9 Å². The van der Waals surface area contributed by atoms with Crippen LogP contribution in [0.2, 0.25) is 0 Å². The van der Waals surface area contributed by atoms with E-state index in [2.05, 4.69) is 16.0 Å². The maximum absolute atomic E-state index is 12.9. The van der Waals surface area contributed by atoms with Crippen molar-refractivity contribution < 1.29 is 9.59 Å². The van der Waals surface area contributed by atoms with E-state index in [0.29, 0.717) is 19.4 Å². The molecule has 0 bridgehead atoms. The maximum Gasteiger partial charge on any atom is 0.320 e. The van der Waals surface area contributed by atoms with E-state index >= 15 is 0 Å². The molecule has 1 heterocycles. The fourth-order valence-corrected chi connectivity index (χ4v) is 3.98. The highest BCUT2D eigenvalue weighted by molar-refractivity contribution is 7.09. The average Bonchev–Trinajstić information content (AvgIpc) is 3.16. The molecular formula is C20H25N3O2S. The van der Waals surface area contributed by atoms with Gasteiger partial charge in [-0.2, -0.15) is 0 Å². The molecule has 0 saturated heterocycles. The minimum absolute atomic E-state index is 0.0929. The summed E-state index contributed by atoms with van der Waals surface area (Å²) in [5.74, 6) is -0.0929. The third kappa shape index (κ3) is 4.64. The number of amides is 3. The molecule has 3 rings (SSSR count). The first-order valence-electron chi connectivity index (χ1n) is 9.04. The van der Waals surface area contributed by atoms with Crippen molar-refractivity contribution >= 4 is 29.0 Å². The molecule has 26 heavy (non-hydrogen) atoms. The van der Waals surface area contributed by atoms with Crippen molar-refractivity contribution in [2.45, 2.75) is 51.1 Å². The number of urea groups is 1. The van der Waals surface area contributed by atoms with Crippen LogP contribution < -0.4 is 16.0 Å². The van der Waals surface area contributed by atoms with Crippen LogP contribution in [0.25, 0.3) is 0 Å². The molecular weight excluding hydrogens is 346 g/mol. The first-order valence-corrected chi connectivity index (χ1v) is 9.92. The fraction of sp³-hybridized carbons (Fsp3) is 0.400. The Morgan fingerprint density at radius 2 is 1.81 bits per heavy atom. The Balaban J connectivity index is 1.64. The molecule has 138 valence electrons. The van der Waals surface area contributed by atoms with Crippen LogP contribution in [-0.2, 0) is 11.3 Å². The Hall–Kier alpha value is -2.34. The topological polar surface area (TPSA) is 70.2 Å². The molecule has 5 nitrogen and oxygen atoms in total. The molecule has 1 aliphatic rings. The zero-order valence-electron chi connectivity index (χ0n) is 15.0. The quantitative estimate of drug-likeness (QED) is 0.737.